The molecule has 31 heavy (non-hydrogen) atoms. The number of pyridine rings is 1. The van der Waals surface area contributed by atoms with Crippen molar-refractivity contribution >= 4 is 34.8 Å². The van der Waals surface area contributed by atoms with Gasteiger partial charge in [-0.05, 0) is 60.7 Å². The van der Waals surface area contributed by atoms with Crippen LogP contribution >= 0.6 is 11.3 Å². The van der Waals surface area contributed by atoms with Gasteiger partial charge in [0.2, 0.25) is 11.8 Å². The fourth-order valence-corrected chi connectivity index (χ4v) is 3.67. The number of carbonyl (C=O) groups is 3. The molecule has 0 aromatic carbocycles. The molecule has 0 saturated heterocycles. The Morgan fingerprint density at radius 1 is 1.03 bits per heavy atom. The van der Waals surface area contributed by atoms with Gasteiger partial charge in [0.15, 0.2) is 0 Å². The number of hydrogen-bond acceptors (Lipinski definition) is 6. The molecule has 2 amide bonds. The second kappa shape index (κ2) is 10.0. The molecular weight excluding hydrogens is 414 g/mol. The monoisotopic (exact) mass is 445 g/mol. The zero-order chi connectivity index (χ0) is 23.2. The van der Waals surface area contributed by atoms with Crippen molar-refractivity contribution in [1.82, 2.24) is 10.3 Å². The van der Waals surface area contributed by atoms with Crippen molar-refractivity contribution in [2.45, 2.75) is 65.5 Å². The standard InChI is InChI=1S/C23H31N3O4S/c1-22(2,3)19(21(29)25-16-7-10-24-11-8-16)26-20(28)17(15-9-12-31-14-15)13-18(27)30-23(4,5)6/h7-12,14,17,19H,13H2,1-6H3,(H,26,28)(H,24,25,29)/t17?,19-/m1/s1. The molecular formula is C23H31N3O4S. The van der Waals surface area contributed by atoms with E-state index in [1.54, 1.807) is 45.3 Å². The Hall–Kier alpha value is -2.74. The van der Waals surface area contributed by atoms with E-state index in [4.69, 9.17) is 4.74 Å². The van der Waals surface area contributed by atoms with Gasteiger partial charge in [0.1, 0.15) is 11.6 Å². The number of rotatable bonds is 7. The third-order valence-corrected chi connectivity index (χ3v) is 5.12. The second-order valence-corrected chi connectivity index (χ2v) is 10.2. The van der Waals surface area contributed by atoms with Crippen LogP contribution in [-0.2, 0) is 19.1 Å². The molecule has 0 aliphatic heterocycles. The van der Waals surface area contributed by atoms with Crippen molar-refractivity contribution in [2.75, 3.05) is 5.32 Å². The van der Waals surface area contributed by atoms with Gasteiger partial charge in [-0.15, -0.1) is 0 Å². The summed E-state index contributed by atoms with van der Waals surface area (Å²) >= 11 is 1.44. The van der Waals surface area contributed by atoms with Crippen molar-refractivity contribution < 1.29 is 19.1 Å². The maximum atomic E-state index is 13.3. The first kappa shape index (κ1) is 24.5. The molecule has 0 spiro atoms. The average molecular weight is 446 g/mol. The van der Waals surface area contributed by atoms with Crippen LogP contribution < -0.4 is 10.6 Å². The van der Waals surface area contributed by atoms with Crippen LogP contribution in [0.2, 0.25) is 0 Å². The molecule has 7 nitrogen and oxygen atoms in total. The van der Waals surface area contributed by atoms with E-state index >= 15 is 0 Å². The molecule has 2 atom stereocenters. The highest BCUT2D eigenvalue weighted by atomic mass is 32.1. The van der Waals surface area contributed by atoms with Crippen LogP contribution in [0.3, 0.4) is 0 Å². The largest absolute Gasteiger partial charge is 0.460 e. The van der Waals surface area contributed by atoms with Gasteiger partial charge in [0.25, 0.3) is 0 Å². The molecule has 2 aromatic rings. The van der Waals surface area contributed by atoms with Crippen LogP contribution in [0.15, 0.2) is 41.4 Å². The lowest BCUT2D eigenvalue weighted by Gasteiger charge is -2.31. The van der Waals surface area contributed by atoms with Crippen LogP contribution in [0.1, 0.15) is 59.4 Å². The molecule has 8 heteroatoms. The Bertz CT molecular complexity index is 884. The summed E-state index contributed by atoms with van der Waals surface area (Å²) in [6, 6.07) is 4.35. The van der Waals surface area contributed by atoms with Gasteiger partial charge in [-0.2, -0.15) is 11.3 Å². The van der Waals surface area contributed by atoms with Crippen molar-refractivity contribution in [3.8, 4) is 0 Å². The Labute approximate surface area is 187 Å². The molecule has 2 heterocycles. The maximum Gasteiger partial charge on any atom is 0.307 e. The summed E-state index contributed by atoms with van der Waals surface area (Å²) in [4.78, 5) is 42.6. The minimum Gasteiger partial charge on any atom is -0.460 e. The van der Waals surface area contributed by atoms with Gasteiger partial charge in [-0.25, -0.2) is 0 Å². The molecule has 2 rings (SSSR count). The first-order valence-electron chi connectivity index (χ1n) is 10.1. The summed E-state index contributed by atoms with van der Waals surface area (Å²) in [7, 11) is 0. The van der Waals surface area contributed by atoms with Gasteiger partial charge in [0.05, 0.1) is 12.3 Å². The zero-order valence-electron chi connectivity index (χ0n) is 18.9. The van der Waals surface area contributed by atoms with Crippen molar-refractivity contribution in [3.63, 3.8) is 0 Å². The third kappa shape index (κ3) is 7.79. The summed E-state index contributed by atoms with van der Waals surface area (Å²) < 4.78 is 5.41. The predicted molar refractivity (Wildman–Crippen MR) is 122 cm³/mol. The van der Waals surface area contributed by atoms with Crippen LogP contribution in [0.25, 0.3) is 0 Å². The summed E-state index contributed by atoms with van der Waals surface area (Å²) in [5.74, 6) is -1.95. The number of nitrogens with one attached hydrogen (secondary N) is 2. The van der Waals surface area contributed by atoms with E-state index in [-0.39, 0.29) is 12.3 Å². The highest BCUT2D eigenvalue weighted by Gasteiger charge is 2.36. The van der Waals surface area contributed by atoms with Gasteiger partial charge in [0, 0.05) is 18.1 Å². The van der Waals surface area contributed by atoms with Crippen LogP contribution in [0.4, 0.5) is 5.69 Å². The Morgan fingerprint density at radius 2 is 1.68 bits per heavy atom. The Morgan fingerprint density at radius 3 is 2.19 bits per heavy atom. The van der Waals surface area contributed by atoms with Gasteiger partial charge in [-0.3, -0.25) is 19.4 Å². The van der Waals surface area contributed by atoms with Gasteiger partial charge in [-0.1, -0.05) is 20.8 Å². The van der Waals surface area contributed by atoms with E-state index in [2.05, 4.69) is 15.6 Å². The van der Waals surface area contributed by atoms with E-state index in [9.17, 15) is 14.4 Å². The number of thiophene rings is 1. The number of carbonyl (C=O) groups excluding carboxylic acids is 3. The molecule has 2 aromatic heterocycles. The summed E-state index contributed by atoms with van der Waals surface area (Å²) in [5, 5.41) is 9.36. The van der Waals surface area contributed by atoms with E-state index in [0.717, 1.165) is 5.56 Å². The van der Waals surface area contributed by atoms with Gasteiger partial charge < -0.3 is 15.4 Å². The maximum absolute atomic E-state index is 13.3. The molecule has 0 bridgehead atoms. The topological polar surface area (TPSA) is 97.4 Å². The smallest absolute Gasteiger partial charge is 0.307 e. The minimum atomic E-state index is -0.812. The van der Waals surface area contributed by atoms with E-state index in [0.29, 0.717) is 5.69 Å². The lowest BCUT2D eigenvalue weighted by atomic mass is 9.85. The van der Waals surface area contributed by atoms with Crippen LogP contribution in [-0.4, -0.2) is 34.4 Å². The number of aromatic nitrogens is 1. The molecule has 1 unspecified atom stereocenters. The first-order chi connectivity index (χ1) is 14.4. The average Bonchev–Trinajstić information content (AvgIpc) is 3.16. The van der Waals surface area contributed by atoms with E-state index < -0.39 is 34.9 Å². The lowest BCUT2D eigenvalue weighted by Crippen LogP contribution is -2.52. The van der Waals surface area contributed by atoms with E-state index in [1.165, 1.54) is 11.3 Å². The molecule has 2 N–H and O–H groups in total. The van der Waals surface area contributed by atoms with Crippen molar-refractivity contribution in [2.24, 2.45) is 5.41 Å². The minimum absolute atomic E-state index is 0.108. The first-order valence-corrected chi connectivity index (χ1v) is 11.1. The number of hydrogen-bond donors (Lipinski definition) is 2. The van der Waals surface area contributed by atoms with Gasteiger partial charge >= 0.3 is 5.97 Å². The number of ether oxygens (including phenoxy) is 1. The van der Waals surface area contributed by atoms with Crippen LogP contribution in [0.5, 0.6) is 0 Å². The Balaban J connectivity index is 2.21. The molecule has 0 radical (unpaired) electrons. The van der Waals surface area contributed by atoms with E-state index in [1.807, 2.05) is 37.6 Å². The van der Waals surface area contributed by atoms with Crippen molar-refractivity contribution in [3.05, 3.63) is 46.9 Å². The summed E-state index contributed by atoms with van der Waals surface area (Å²) in [6.07, 6.45) is 3.05. The number of amides is 2. The number of esters is 1. The van der Waals surface area contributed by atoms with Crippen LogP contribution in [0, 0.1) is 5.41 Å². The zero-order valence-corrected chi connectivity index (χ0v) is 19.7. The Kier molecular flexibility index (Phi) is 7.95. The number of nitrogens with zero attached hydrogens (tertiary/aromatic N) is 1. The SMILES string of the molecule is CC(C)(C)OC(=O)CC(C(=O)N[C@H](C(=O)Nc1ccncc1)C(C)(C)C)c1ccsc1. The third-order valence-electron chi connectivity index (χ3n) is 4.42. The highest BCUT2D eigenvalue weighted by molar-refractivity contribution is 7.08. The van der Waals surface area contributed by atoms with Crippen molar-refractivity contribution in [1.29, 1.82) is 0 Å². The predicted octanol–water partition coefficient (Wildman–Crippen LogP) is 4.13. The second-order valence-electron chi connectivity index (χ2n) is 9.43. The molecule has 0 fully saturated rings. The summed E-state index contributed by atoms with van der Waals surface area (Å²) in [5.41, 5.74) is 0.102. The molecule has 0 aliphatic carbocycles. The quantitative estimate of drug-likeness (QED) is 0.625. The fourth-order valence-electron chi connectivity index (χ4n) is 2.95. The normalized spacial score (nSPS) is 13.7. The highest BCUT2D eigenvalue weighted by Crippen LogP contribution is 2.27. The lowest BCUT2D eigenvalue weighted by molar-refractivity contribution is -0.156. The molecule has 168 valence electrons. The number of anilines is 1. The fraction of sp³-hybridized carbons (Fsp3) is 0.478. The molecule has 0 saturated carbocycles. The summed E-state index contributed by atoms with van der Waals surface area (Å²) in [6.45, 7) is 11.0. The molecule has 0 aliphatic rings.